The molecule has 1 rings (SSSR count). The van der Waals surface area contributed by atoms with Crippen molar-refractivity contribution < 1.29 is 23.9 Å². The molecule has 1 heterocycles. The third-order valence-electron chi connectivity index (χ3n) is 4.55. The number of aromatic nitrogens is 1. The third kappa shape index (κ3) is 12.3. The Morgan fingerprint density at radius 2 is 1.91 bits per heavy atom. The summed E-state index contributed by atoms with van der Waals surface area (Å²) in [7, 11) is 1.65. The lowest BCUT2D eigenvalue weighted by atomic mass is 10.1. The summed E-state index contributed by atoms with van der Waals surface area (Å²) in [4.78, 5) is 51.7. The number of hydrogen-bond donors (Lipinski definition) is 3. The zero-order valence-corrected chi connectivity index (χ0v) is 22.4. The van der Waals surface area contributed by atoms with Crippen molar-refractivity contribution in [1.29, 1.82) is 0 Å². The number of aldehydes is 1. The zero-order chi connectivity index (χ0) is 25.8. The summed E-state index contributed by atoms with van der Waals surface area (Å²) in [5.41, 5.74) is -0.510. The van der Waals surface area contributed by atoms with Crippen LogP contribution >= 0.6 is 23.1 Å². The van der Waals surface area contributed by atoms with Crippen LogP contribution in [0.5, 0.6) is 0 Å². The van der Waals surface area contributed by atoms with E-state index in [1.165, 1.54) is 11.3 Å². The van der Waals surface area contributed by atoms with Gasteiger partial charge in [0.05, 0.1) is 18.5 Å². The van der Waals surface area contributed by atoms with E-state index in [0.717, 1.165) is 12.2 Å². The Balaban J connectivity index is 2.66. The first-order chi connectivity index (χ1) is 15.9. The first-order valence-electron chi connectivity index (χ1n) is 11.0. The first kappa shape index (κ1) is 29.8. The number of amides is 2. The van der Waals surface area contributed by atoms with Gasteiger partial charge in [-0.15, -0.1) is 11.3 Å². The van der Waals surface area contributed by atoms with E-state index < -0.39 is 17.6 Å². The van der Waals surface area contributed by atoms with Crippen LogP contribution in [0.1, 0.15) is 63.0 Å². The predicted octanol–water partition coefficient (Wildman–Crippen LogP) is 2.47. The molecule has 0 radical (unpaired) electrons. The van der Waals surface area contributed by atoms with E-state index in [1.54, 1.807) is 32.4 Å². The molecule has 11 heteroatoms. The van der Waals surface area contributed by atoms with E-state index in [9.17, 15) is 19.2 Å². The predicted molar refractivity (Wildman–Crippen MR) is 136 cm³/mol. The summed E-state index contributed by atoms with van der Waals surface area (Å²) in [5.74, 6) is -0.406. The van der Waals surface area contributed by atoms with Gasteiger partial charge < -0.3 is 20.7 Å². The molecule has 0 spiro atoms. The van der Waals surface area contributed by atoms with Crippen molar-refractivity contribution in [3.63, 3.8) is 0 Å². The van der Waals surface area contributed by atoms with E-state index >= 15 is 0 Å². The van der Waals surface area contributed by atoms with Crippen LogP contribution in [0.4, 0.5) is 0 Å². The van der Waals surface area contributed by atoms with Gasteiger partial charge in [0.15, 0.2) is 6.29 Å². The molecule has 0 fully saturated rings. The van der Waals surface area contributed by atoms with Crippen LogP contribution in [-0.2, 0) is 25.7 Å². The van der Waals surface area contributed by atoms with Crippen molar-refractivity contribution >= 4 is 47.2 Å². The van der Waals surface area contributed by atoms with E-state index in [-0.39, 0.29) is 36.1 Å². The van der Waals surface area contributed by atoms with Crippen molar-refractivity contribution in [1.82, 2.24) is 20.9 Å². The van der Waals surface area contributed by atoms with Crippen molar-refractivity contribution in [3.8, 4) is 0 Å². The number of allylic oxidation sites excluding steroid dienone is 1. The van der Waals surface area contributed by atoms with Gasteiger partial charge in [-0.25, -0.2) is 4.98 Å². The van der Waals surface area contributed by atoms with Crippen LogP contribution in [-0.4, -0.2) is 64.8 Å². The van der Waals surface area contributed by atoms with E-state index in [1.807, 2.05) is 17.8 Å². The molecule has 0 saturated heterocycles. The molecule has 1 aromatic heterocycles. The molecule has 0 aliphatic carbocycles. The Bertz CT molecular complexity index is 862. The summed E-state index contributed by atoms with van der Waals surface area (Å²) in [6.45, 7) is 9.68. The lowest BCUT2D eigenvalue weighted by Crippen LogP contribution is -2.52. The number of carbonyl (C=O) groups excluding carboxylic acids is 4. The van der Waals surface area contributed by atoms with Gasteiger partial charge in [-0.1, -0.05) is 26.8 Å². The number of esters is 1. The van der Waals surface area contributed by atoms with Gasteiger partial charge in [0.1, 0.15) is 23.4 Å². The minimum Gasteiger partial charge on any atom is -0.456 e. The summed E-state index contributed by atoms with van der Waals surface area (Å²) in [5, 5.41) is 10.3. The molecule has 0 aromatic carbocycles. The molecule has 34 heavy (non-hydrogen) atoms. The van der Waals surface area contributed by atoms with Crippen LogP contribution in [0.15, 0.2) is 17.5 Å². The van der Waals surface area contributed by atoms with Crippen molar-refractivity contribution in [2.45, 2.75) is 70.4 Å². The van der Waals surface area contributed by atoms with Gasteiger partial charge in [0, 0.05) is 10.1 Å². The minimum absolute atomic E-state index is 0.0729. The number of hydrogen-bond acceptors (Lipinski definition) is 9. The summed E-state index contributed by atoms with van der Waals surface area (Å²) < 4.78 is 5.60. The Hall–Kier alpha value is -2.24. The van der Waals surface area contributed by atoms with Crippen LogP contribution in [0.25, 0.3) is 0 Å². The Morgan fingerprint density at radius 1 is 1.21 bits per heavy atom. The fourth-order valence-corrected chi connectivity index (χ4v) is 3.96. The number of nitrogens with one attached hydrogen (secondary N) is 3. The Morgan fingerprint density at radius 3 is 2.50 bits per heavy atom. The molecule has 1 atom stereocenters. The summed E-state index contributed by atoms with van der Waals surface area (Å²) in [6.07, 6.45) is 4.16. The average Bonchev–Trinajstić information content (AvgIpc) is 3.23. The largest absolute Gasteiger partial charge is 0.456 e. The molecule has 0 aliphatic heterocycles. The van der Waals surface area contributed by atoms with Crippen molar-refractivity contribution in [2.75, 3.05) is 19.3 Å². The zero-order valence-electron chi connectivity index (χ0n) is 20.7. The highest BCUT2D eigenvalue weighted by atomic mass is 32.2. The van der Waals surface area contributed by atoms with Crippen LogP contribution < -0.4 is 16.0 Å². The second-order valence-corrected chi connectivity index (χ2v) is 11.9. The molecule has 0 bridgehead atoms. The second-order valence-electron chi connectivity index (χ2n) is 9.03. The van der Waals surface area contributed by atoms with Crippen molar-refractivity contribution in [2.24, 2.45) is 0 Å². The summed E-state index contributed by atoms with van der Waals surface area (Å²) in [6, 6.07) is 0. The number of likely N-dealkylation sites (N-methyl/N-ethyl adjacent to an activating group) is 1. The highest BCUT2D eigenvalue weighted by molar-refractivity contribution is 8.00. The Kier molecular flexibility index (Phi) is 12.5. The number of carbonyl (C=O) groups is 4. The van der Waals surface area contributed by atoms with E-state index in [0.29, 0.717) is 17.0 Å². The van der Waals surface area contributed by atoms with Gasteiger partial charge in [-0.2, -0.15) is 11.8 Å². The normalized spacial score (nSPS) is 12.9. The third-order valence-corrected chi connectivity index (χ3v) is 6.73. The number of rotatable bonds is 14. The van der Waals surface area contributed by atoms with Crippen LogP contribution in [0.2, 0.25) is 0 Å². The smallest absolute Gasteiger partial charge is 0.326 e. The maximum Gasteiger partial charge on any atom is 0.326 e. The van der Waals surface area contributed by atoms with Gasteiger partial charge in [-0.3, -0.25) is 19.2 Å². The molecular formula is C23H36N4O5S2. The molecular weight excluding hydrogens is 476 g/mol. The maximum atomic E-state index is 12.4. The maximum absolute atomic E-state index is 12.4. The molecule has 3 N–H and O–H groups in total. The molecule has 9 nitrogen and oxygen atoms in total. The average molecular weight is 513 g/mol. The molecule has 1 aromatic rings. The van der Waals surface area contributed by atoms with Crippen LogP contribution in [0, 0.1) is 0 Å². The first-order valence-corrected chi connectivity index (χ1v) is 12.9. The second kappa shape index (κ2) is 14.2. The van der Waals surface area contributed by atoms with Gasteiger partial charge in [0.2, 0.25) is 11.8 Å². The molecule has 0 aliphatic rings. The van der Waals surface area contributed by atoms with E-state index in [2.05, 4.69) is 41.7 Å². The number of thiazole rings is 1. The van der Waals surface area contributed by atoms with Crippen molar-refractivity contribution in [3.05, 3.63) is 28.2 Å². The minimum atomic E-state index is -0.830. The fourth-order valence-electron chi connectivity index (χ4n) is 2.42. The fraction of sp³-hybridized carbons (Fsp3) is 0.609. The lowest BCUT2D eigenvalue weighted by molar-refractivity contribution is -0.148. The highest BCUT2D eigenvalue weighted by Gasteiger charge is 2.26. The van der Waals surface area contributed by atoms with Crippen LogP contribution in [0.3, 0.4) is 0 Å². The van der Waals surface area contributed by atoms with E-state index in [4.69, 9.17) is 4.74 Å². The quantitative estimate of drug-likeness (QED) is 0.150. The number of thioether (sulfide) groups is 1. The number of ether oxygens (including phenoxy) is 1. The standard InChI is InChI=1S/C23H36N4O5S2/c1-22(2,3)34-10-8-7-9-17(32-20(30)13-26-21(31)23(4,5)24-6)11-18(29)25-12-19-27-16(14-28)15-33-19/h7,9,14-15,17,24H,8,10-13H2,1-6H3,(H,25,29)(H,26,31)/b9-7+. The SMILES string of the molecule is CNC(C)(C)C(=O)NCC(=O)OC(/C=C/CCSC(C)(C)C)CC(=O)NCc1nc(C=O)cs1. The monoisotopic (exact) mass is 512 g/mol. The van der Waals surface area contributed by atoms with Gasteiger partial charge in [0.25, 0.3) is 0 Å². The number of nitrogens with zero attached hydrogens (tertiary/aromatic N) is 1. The highest BCUT2D eigenvalue weighted by Crippen LogP contribution is 2.23. The topological polar surface area (TPSA) is 126 Å². The Labute approximate surface area is 209 Å². The van der Waals surface area contributed by atoms with Gasteiger partial charge >= 0.3 is 5.97 Å². The summed E-state index contributed by atoms with van der Waals surface area (Å²) >= 11 is 3.09. The molecule has 0 saturated carbocycles. The molecule has 190 valence electrons. The molecule has 1 unspecified atom stereocenters. The molecule has 2 amide bonds. The van der Waals surface area contributed by atoms with Gasteiger partial charge in [-0.05, 0) is 39.1 Å². The lowest BCUT2D eigenvalue weighted by Gasteiger charge is -2.22.